The summed E-state index contributed by atoms with van der Waals surface area (Å²) in [6.07, 6.45) is 7.96. The average Bonchev–Trinajstić information content (AvgIpc) is 2.74. The third-order valence-corrected chi connectivity index (χ3v) is 2.93. The van der Waals surface area contributed by atoms with Crippen molar-refractivity contribution in [1.29, 1.82) is 0 Å². The van der Waals surface area contributed by atoms with E-state index in [1.54, 1.807) is 6.08 Å². The van der Waals surface area contributed by atoms with Gasteiger partial charge in [-0.2, -0.15) is 0 Å². The summed E-state index contributed by atoms with van der Waals surface area (Å²) in [6, 6.07) is 4.06. The molecule has 1 aliphatic carbocycles. The standard InChI is InChI=1S/C13H16N2O/c1-15(12-2-3-13(16)10-12)9-6-11-4-7-14-8-5-11/h4-5,7-8,10H,2-3,6,9H2,1H3. The van der Waals surface area contributed by atoms with Crippen molar-refractivity contribution in [2.45, 2.75) is 19.3 Å². The van der Waals surface area contributed by atoms with E-state index in [1.165, 1.54) is 11.3 Å². The quantitative estimate of drug-likeness (QED) is 0.769. The minimum atomic E-state index is 0.255. The molecule has 0 saturated heterocycles. The minimum absolute atomic E-state index is 0.255. The van der Waals surface area contributed by atoms with Gasteiger partial charge in [-0.25, -0.2) is 0 Å². The summed E-state index contributed by atoms with van der Waals surface area (Å²) in [7, 11) is 2.05. The first kappa shape index (κ1) is 10.9. The number of carbonyl (C=O) groups is 1. The van der Waals surface area contributed by atoms with Gasteiger partial charge in [0.05, 0.1) is 0 Å². The van der Waals surface area contributed by atoms with Crippen molar-refractivity contribution < 1.29 is 4.79 Å². The monoisotopic (exact) mass is 216 g/mol. The van der Waals surface area contributed by atoms with E-state index in [2.05, 4.69) is 9.88 Å². The Bertz CT molecular complexity index is 398. The fourth-order valence-corrected chi connectivity index (χ4v) is 1.87. The highest BCUT2D eigenvalue weighted by Gasteiger charge is 2.14. The molecule has 1 heterocycles. The summed E-state index contributed by atoms with van der Waals surface area (Å²) >= 11 is 0. The molecule has 0 spiro atoms. The zero-order valence-electron chi connectivity index (χ0n) is 9.52. The maximum atomic E-state index is 11.1. The predicted molar refractivity (Wildman–Crippen MR) is 62.9 cm³/mol. The Balaban J connectivity index is 1.87. The summed E-state index contributed by atoms with van der Waals surface area (Å²) in [4.78, 5) is 17.3. The van der Waals surface area contributed by atoms with Gasteiger partial charge in [0, 0.05) is 44.2 Å². The number of ketones is 1. The maximum Gasteiger partial charge on any atom is 0.157 e. The van der Waals surface area contributed by atoms with Crippen molar-refractivity contribution in [3.8, 4) is 0 Å². The topological polar surface area (TPSA) is 33.2 Å². The molecule has 0 saturated carbocycles. The summed E-state index contributed by atoms with van der Waals surface area (Å²) in [6.45, 7) is 0.948. The van der Waals surface area contributed by atoms with E-state index >= 15 is 0 Å². The molecule has 2 rings (SSSR count). The molecule has 84 valence electrons. The van der Waals surface area contributed by atoms with E-state index in [0.29, 0.717) is 6.42 Å². The predicted octanol–water partition coefficient (Wildman–Crippen LogP) is 1.80. The Labute approximate surface area is 95.8 Å². The second kappa shape index (κ2) is 4.92. The van der Waals surface area contributed by atoms with Gasteiger partial charge in [0.15, 0.2) is 5.78 Å². The van der Waals surface area contributed by atoms with Crippen LogP contribution in [0.3, 0.4) is 0 Å². The lowest BCUT2D eigenvalue weighted by molar-refractivity contribution is -0.114. The Morgan fingerprint density at radius 3 is 2.69 bits per heavy atom. The van der Waals surface area contributed by atoms with Crippen LogP contribution in [0, 0.1) is 0 Å². The fourth-order valence-electron chi connectivity index (χ4n) is 1.87. The van der Waals surface area contributed by atoms with Gasteiger partial charge in [0.2, 0.25) is 0 Å². The lowest BCUT2D eigenvalue weighted by Crippen LogP contribution is -2.19. The number of rotatable bonds is 4. The lowest BCUT2D eigenvalue weighted by atomic mass is 10.2. The van der Waals surface area contributed by atoms with Crippen LogP contribution in [-0.2, 0) is 11.2 Å². The molecule has 1 aliphatic rings. The van der Waals surface area contributed by atoms with Crippen LogP contribution in [0.25, 0.3) is 0 Å². The summed E-state index contributed by atoms with van der Waals surface area (Å²) in [5.41, 5.74) is 2.45. The summed E-state index contributed by atoms with van der Waals surface area (Å²) in [5, 5.41) is 0. The van der Waals surface area contributed by atoms with Crippen molar-refractivity contribution in [1.82, 2.24) is 9.88 Å². The van der Waals surface area contributed by atoms with Crippen molar-refractivity contribution >= 4 is 5.78 Å². The molecule has 0 amide bonds. The van der Waals surface area contributed by atoms with Crippen LogP contribution in [-0.4, -0.2) is 29.3 Å². The molecule has 1 aromatic heterocycles. The molecule has 0 aromatic carbocycles. The Kier molecular flexibility index (Phi) is 3.34. The van der Waals surface area contributed by atoms with Crippen LogP contribution in [0.5, 0.6) is 0 Å². The van der Waals surface area contributed by atoms with Crippen molar-refractivity contribution in [3.63, 3.8) is 0 Å². The van der Waals surface area contributed by atoms with Gasteiger partial charge in [-0.15, -0.1) is 0 Å². The Morgan fingerprint density at radius 2 is 2.06 bits per heavy atom. The molecular weight excluding hydrogens is 200 g/mol. The number of hydrogen-bond acceptors (Lipinski definition) is 3. The molecule has 3 nitrogen and oxygen atoms in total. The second-order valence-electron chi connectivity index (χ2n) is 4.13. The Morgan fingerprint density at radius 1 is 1.31 bits per heavy atom. The van der Waals surface area contributed by atoms with E-state index < -0.39 is 0 Å². The first-order valence-corrected chi connectivity index (χ1v) is 5.59. The van der Waals surface area contributed by atoms with Gasteiger partial charge in [-0.3, -0.25) is 9.78 Å². The SMILES string of the molecule is CN(CCc1ccncc1)C1=CC(=O)CC1. The van der Waals surface area contributed by atoms with Crippen LogP contribution in [0.1, 0.15) is 18.4 Å². The molecule has 0 atom stereocenters. The normalized spacial score (nSPS) is 15.1. The van der Waals surface area contributed by atoms with Crippen molar-refractivity contribution in [2.75, 3.05) is 13.6 Å². The summed E-state index contributed by atoms with van der Waals surface area (Å²) < 4.78 is 0. The van der Waals surface area contributed by atoms with Crippen LogP contribution < -0.4 is 0 Å². The number of likely N-dealkylation sites (N-methyl/N-ethyl adjacent to an activating group) is 1. The molecule has 0 bridgehead atoms. The van der Waals surface area contributed by atoms with Crippen LogP contribution in [0.2, 0.25) is 0 Å². The van der Waals surface area contributed by atoms with E-state index in [4.69, 9.17) is 0 Å². The number of aromatic nitrogens is 1. The van der Waals surface area contributed by atoms with Crippen molar-refractivity contribution in [3.05, 3.63) is 41.9 Å². The van der Waals surface area contributed by atoms with Gasteiger partial charge < -0.3 is 4.90 Å². The largest absolute Gasteiger partial charge is 0.377 e. The third kappa shape index (κ3) is 2.69. The van der Waals surface area contributed by atoms with E-state index in [0.717, 1.165) is 19.4 Å². The highest BCUT2D eigenvalue weighted by Crippen LogP contribution is 2.17. The average molecular weight is 216 g/mol. The van der Waals surface area contributed by atoms with Crippen LogP contribution >= 0.6 is 0 Å². The summed E-state index contributed by atoms with van der Waals surface area (Å²) in [5.74, 6) is 0.255. The highest BCUT2D eigenvalue weighted by molar-refractivity contribution is 5.92. The molecule has 16 heavy (non-hydrogen) atoms. The number of carbonyl (C=O) groups excluding carboxylic acids is 1. The first-order valence-electron chi connectivity index (χ1n) is 5.59. The van der Waals surface area contributed by atoms with Crippen LogP contribution in [0.4, 0.5) is 0 Å². The third-order valence-electron chi connectivity index (χ3n) is 2.93. The molecular formula is C13H16N2O. The zero-order valence-corrected chi connectivity index (χ0v) is 9.52. The van der Waals surface area contributed by atoms with Gasteiger partial charge in [0.25, 0.3) is 0 Å². The van der Waals surface area contributed by atoms with Crippen LogP contribution in [0.15, 0.2) is 36.3 Å². The van der Waals surface area contributed by atoms with E-state index in [9.17, 15) is 4.79 Å². The maximum absolute atomic E-state index is 11.1. The van der Waals surface area contributed by atoms with Gasteiger partial charge >= 0.3 is 0 Å². The number of nitrogens with zero attached hydrogens (tertiary/aromatic N) is 2. The van der Waals surface area contributed by atoms with Gasteiger partial charge in [0.1, 0.15) is 0 Å². The van der Waals surface area contributed by atoms with Crippen molar-refractivity contribution in [2.24, 2.45) is 0 Å². The minimum Gasteiger partial charge on any atom is -0.377 e. The molecule has 1 aromatic rings. The highest BCUT2D eigenvalue weighted by atomic mass is 16.1. The van der Waals surface area contributed by atoms with Gasteiger partial charge in [-0.1, -0.05) is 0 Å². The van der Waals surface area contributed by atoms with E-state index in [-0.39, 0.29) is 5.78 Å². The first-order chi connectivity index (χ1) is 7.75. The van der Waals surface area contributed by atoms with E-state index in [1.807, 2.05) is 31.6 Å². The second-order valence-corrected chi connectivity index (χ2v) is 4.13. The molecule has 0 aliphatic heterocycles. The number of pyridine rings is 1. The Hall–Kier alpha value is -1.64. The molecule has 0 unspecified atom stereocenters. The fraction of sp³-hybridized carbons (Fsp3) is 0.385. The smallest absolute Gasteiger partial charge is 0.157 e. The molecule has 0 radical (unpaired) electrons. The van der Waals surface area contributed by atoms with Gasteiger partial charge in [-0.05, 0) is 30.5 Å². The molecule has 3 heteroatoms. The number of allylic oxidation sites excluding steroid dienone is 2. The zero-order chi connectivity index (χ0) is 11.4. The number of hydrogen-bond donors (Lipinski definition) is 0. The molecule has 0 N–H and O–H groups in total. The lowest BCUT2D eigenvalue weighted by Gasteiger charge is -2.19. The molecule has 0 fully saturated rings.